The number of aryl methyl sites for hydroxylation is 2. The van der Waals surface area contributed by atoms with Gasteiger partial charge in [-0.2, -0.15) is 0 Å². The summed E-state index contributed by atoms with van der Waals surface area (Å²) in [5, 5.41) is 39.9. The summed E-state index contributed by atoms with van der Waals surface area (Å²) in [6.07, 6.45) is 1.61. The van der Waals surface area contributed by atoms with Gasteiger partial charge in [0.1, 0.15) is 23.0 Å². The van der Waals surface area contributed by atoms with E-state index >= 15 is 0 Å². The van der Waals surface area contributed by atoms with Gasteiger partial charge in [0, 0.05) is 102 Å². The van der Waals surface area contributed by atoms with Crippen molar-refractivity contribution >= 4 is 102 Å². The van der Waals surface area contributed by atoms with Crippen LogP contribution in [0.15, 0.2) is 340 Å². The highest BCUT2D eigenvalue weighted by Gasteiger charge is 2.23. The van der Waals surface area contributed by atoms with Crippen molar-refractivity contribution < 1.29 is 39.4 Å². The Morgan fingerprint density at radius 2 is 0.259 bits per heavy atom. The first kappa shape index (κ1) is 71.9. The van der Waals surface area contributed by atoms with Crippen molar-refractivity contribution in [3.63, 3.8) is 0 Å². The van der Waals surface area contributed by atoms with Crippen LogP contribution >= 0.6 is 0 Å². The lowest BCUT2D eigenvalue weighted by molar-refractivity contribution is 0.281. The number of aliphatic hydroxyl groups excluding tert-OH is 4. The van der Waals surface area contributed by atoms with Gasteiger partial charge in [0.15, 0.2) is 0 Å². The Balaban J connectivity index is 0.777. The van der Waals surface area contributed by atoms with Crippen LogP contribution in [-0.4, -0.2) is 48.9 Å². The van der Waals surface area contributed by atoms with Crippen LogP contribution in [0.5, 0.6) is 23.0 Å². The van der Waals surface area contributed by atoms with Gasteiger partial charge in [0.25, 0.3) is 0 Å². The van der Waals surface area contributed by atoms with E-state index in [4.69, 9.17) is 18.9 Å². The van der Waals surface area contributed by atoms with Gasteiger partial charge >= 0.3 is 0 Å². The molecule has 0 aliphatic heterocycles. The number of rotatable bonds is 29. The number of aliphatic hydroxyl groups is 4. The number of methoxy groups -OCH3 is 4. The number of hydrogen-bond donors (Lipinski definition) is 4. The van der Waals surface area contributed by atoms with Gasteiger partial charge < -0.3 is 68.8 Å². The van der Waals surface area contributed by atoms with E-state index in [2.05, 4.69) is 175 Å². The maximum atomic E-state index is 9.98. The molecular weight excluding hydrogens is 1340 g/mol. The minimum atomic E-state index is -0.0476. The van der Waals surface area contributed by atoms with Gasteiger partial charge in [0.2, 0.25) is 0 Å². The van der Waals surface area contributed by atoms with Gasteiger partial charge in [-0.1, -0.05) is 72.8 Å². The maximum absolute atomic E-state index is 9.98. The van der Waals surface area contributed by atoms with E-state index < -0.39 is 0 Å². The summed E-state index contributed by atoms with van der Waals surface area (Å²) in [6.45, 7) is -0.190. The fourth-order valence-electron chi connectivity index (χ4n) is 13.5. The molecule has 14 aromatic rings. The standard InChI is InChI=1S/C94H84N6O8/c1-105-91-55-47-87(48-56-91)97(75-23-11-69(63-101)12-24-75)83-39-31-79(32-40-83)95(80-33-41-84(42-34-80)98(76-25-13-70(64-102)14-26-76)88-49-57-92(106-2)58-50-88)73-19-7-67(8-20-73)5-6-68-9-21-74(22-10-68)96(81-35-43-85(44-36-81)99(77-27-15-71(65-103)16-28-77)89-51-59-93(107-3)60-52-89)82-37-45-86(46-38-82)100(78-29-17-72(66-104)18-30-78)90-53-61-94(108-4)62-54-90/h7-62,101-104H,5-6,63-66H2,1-4H3. The second-order valence-electron chi connectivity index (χ2n) is 26.0. The van der Waals surface area contributed by atoms with E-state index in [1.165, 1.54) is 11.1 Å². The zero-order chi connectivity index (χ0) is 74.3. The Morgan fingerprint density at radius 1 is 0.157 bits per heavy atom. The summed E-state index contributed by atoms with van der Waals surface area (Å²) in [7, 11) is 6.67. The Bertz CT molecular complexity index is 4370. The second-order valence-corrected chi connectivity index (χ2v) is 26.0. The highest BCUT2D eigenvalue weighted by Crippen LogP contribution is 2.46. The van der Waals surface area contributed by atoms with Crippen molar-refractivity contribution in [3.05, 3.63) is 373 Å². The summed E-state index contributed by atoms with van der Waals surface area (Å²) < 4.78 is 22.2. The molecule has 4 N–H and O–H groups in total. The molecule has 0 aromatic heterocycles. The predicted molar refractivity (Wildman–Crippen MR) is 438 cm³/mol. The van der Waals surface area contributed by atoms with E-state index in [1.807, 2.05) is 194 Å². The van der Waals surface area contributed by atoms with Crippen LogP contribution in [0.1, 0.15) is 33.4 Å². The largest absolute Gasteiger partial charge is 0.497 e. The molecule has 0 aliphatic rings. The smallest absolute Gasteiger partial charge is 0.119 e. The van der Waals surface area contributed by atoms with Crippen molar-refractivity contribution in [2.24, 2.45) is 0 Å². The molecule has 14 aromatic carbocycles. The van der Waals surface area contributed by atoms with Crippen molar-refractivity contribution in [1.82, 2.24) is 0 Å². The number of nitrogens with zero attached hydrogens (tertiary/aromatic N) is 6. The summed E-state index contributed by atoms with van der Waals surface area (Å²) >= 11 is 0. The van der Waals surface area contributed by atoms with Crippen LogP contribution in [-0.2, 0) is 39.3 Å². The first-order valence-corrected chi connectivity index (χ1v) is 35.9. The van der Waals surface area contributed by atoms with Crippen LogP contribution in [0.3, 0.4) is 0 Å². The van der Waals surface area contributed by atoms with Gasteiger partial charge in [-0.25, -0.2) is 0 Å². The minimum Gasteiger partial charge on any atom is -0.497 e. The number of hydrogen-bond acceptors (Lipinski definition) is 14. The molecule has 0 atom stereocenters. The monoisotopic (exact) mass is 1420 g/mol. The first-order chi connectivity index (χ1) is 53.1. The molecule has 0 saturated carbocycles. The van der Waals surface area contributed by atoms with Crippen LogP contribution in [0.25, 0.3) is 0 Å². The van der Waals surface area contributed by atoms with E-state index in [0.717, 1.165) is 160 Å². The molecule has 0 unspecified atom stereocenters. The highest BCUT2D eigenvalue weighted by atomic mass is 16.5. The molecule has 0 saturated heterocycles. The third-order valence-electron chi connectivity index (χ3n) is 19.4. The average molecular weight is 1430 g/mol. The molecule has 0 aliphatic carbocycles. The maximum Gasteiger partial charge on any atom is 0.119 e. The average Bonchev–Trinajstić information content (AvgIpc) is 0.789. The summed E-state index contributed by atoms with van der Waals surface area (Å²) in [5.41, 5.74) is 22.9. The van der Waals surface area contributed by atoms with Crippen molar-refractivity contribution in [3.8, 4) is 23.0 Å². The number of ether oxygens (including phenoxy) is 4. The molecule has 14 nitrogen and oxygen atoms in total. The molecular formula is C94H84N6O8. The molecule has 0 radical (unpaired) electrons. The van der Waals surface area contributed by atoms with Gasteiger partial charge in [-0.05, 0) is 313 Å². The Kier molecular flexibility index (Phi) is 22.5. The zero-order valence-electron chi connectivity index (χ0n) is 60.7. The Hall–Kier alpha value is -13.1. The summed E-state index contributed by atoms with van der Waals surface area (Å²) in [6, 6.07) is 116. The van der Waals surface area contributed by atoms with Crippen LogP contribution < -0.4 is 48.3 Å². The fraction of sp³-hybridized carbons (Fsp3) is 0.106. The highest BCUT2D eigenvalue weighted by molar-refractivity contribution is 5.87. The van der Waals surface area contributed by atoms with E-state index in [1.54, 1.807) is 28.4 Å². The van der Waals surface area contributed by atoms with Crippen LogP contribution in [0.4, 0.5) is 102 Å². The minimum absolute atomic E-state index is 0.0476. The molecule has 538 valence electrons. The normalized spacial score (nSPS) is 11.0. The third kappa shape index (κ3) is 16.2. The van der Waals surface area contributed by atoms with E-state index in [0.29, 0.717) is 0 Å². The van der Waals surface area contributed by atoms with Crippen molar-refractivity contribution in [2.45, 2.75) is 39.3 Å². The topological polar surface area (TPSA) is 137 Å². The van der Waals surface area contributed by atoms with Crippen molar-refractivity contribution in [1.29, 1.82) is 0 Å². The second kappa shape index (κ2) is 33.8. The van der Waals surface area contributed by atoms with Gasteiger partial charge in [-0.15, -0.1) is 0 Å². The Labute approximate surface area is 631 Å². The summed E-state index contributed by atoms with van der Waals surface area (Å²) in [5.74, 6) is 3.05. The van der Waals surface area contributed by atoms with Crippen molar-refractivity contribution in [2.75, 3.05) is 57.8 Å². The molecule has 0 spiro atoms. The zero-order valence-corrected chi connectivity index (χ0v) is 60.7. The first-order valence-electron chi connectivity index (χ1n) is 35.9. The number of benzene rings is 14. The lowest BCUT2D eigenvalue weighted by atomic mass is 10.0. The summed E-state index contributed by atoms with van der Waals surface area (Å²) in [4.78, 5) is 13.4. The van der Waals surface area contributed by atoms with E-state index in [9.17, 15) is 20.4 Å². The lowest BCUT2D eigenvalue weighted by Gasteiger charge is -2.30. The molecule has 0 amide bonds. The molecule has 14 heteroatoms. The molecule has 0 fully saturated rings. The van der Waals surface area contributed by atoms with Gasteiger partial charge in [0.05, 0.1) is 54.9 Å². The van der Waals surface area contributed by atoms with Crippen LogP contribution in [0.2, 0.25) is 0 Å². The quantitative estimate of drug-likeness (QED) is 0.0354. The number of anilines is 18. The van der Waals surface area contributed by atoms with Gasteiger partial charge in [-0.3, -0.25) is 0 Å². The lowest BCUT2D eigenvalue weighted by Crippen LogP contribution is -2.13. The molecule has 0 bridgehead atoms. The van der Waals surface area contributed by atoms with Crippen LogP contribution in [0, 0.1) is 0 Å². The fourth-order valence-corrected chi connectivity index (χ4v) is 13.5. The predicted octanol–water partition coefficient (Wildman–Crippen LogP) is 22.3. The third-order valence-corrected chi connectivity index (χ3v) is 19.4. The molecule has 14 rings (SSSR count). The Morgan fingerprint density at radius 3 is 0.370 bits per heavy atom. The van der Waals surface area contributed by atoms with E-state index in [-0.39, 0.29) is 26.4 Å². The molecule has 0 heterocycles. The SMILES string of the molecule is COc1ccc(N(c2ccc(CO)cc2)c2ccc(N(c3ccc(CCc4ccc(N(c5ccc(N(c6ccc(CO)cc6)c6ccc(OC)cc6)cc5)c5ccc(N(c6ccc(CO)cc6)c6ccc(OC)cc6)cc5)cc4)cc3)c3ccc(N(c4ccc(CO)cc4)c4ccc(OC)cc4)cc3)cc2)cc1. The molecule has 108 heavy (non-hydrogen) atoms.